The molecule has 0 saturated carbocycles. The summed E-state index contributed by atoms with van der Waals surface area (Å²) in [6.45, 7) is 6.30. The van der Waals surface area contributed by atoms with Gasteiger partial charge in [-0.2, -0.15) is 0 Å². The summed E-state index contributed by atoms with van der Waals surface area (Å²) in [4.78, 5) is 33.2. The van der Waals surface area contributed by atoms with Crippen LogP contribution in [-0.4, -0.2) is 36.4 Å². The summed E-state index contributed by atoms with van der Waals surface area (Å²) in [5.41, 5.74) is 1.87. The molecule has 3 heterocycles. The molecule has 2 amide bonds. The van der Waals surface area contributed by atoms with E-state index in [9.17, 15) is 9.59 Å². The number of anilines is 3. The zero-order valence-corrected chi connectivity index (χ0v) is 17.4. The first-order valence-corrected chi connectivity index (χ1v) is 10.6. The van der Waals surface area contributed by atoms with Gasteiger partial charge in [0.2, 0.25) is 5.91 Å². The van der Waals surface area contributed by atoms with E-state index in [4.69, 9.17) is 0 Å². The molecule has 154 valence electrons. The van der Waals surface area contributed by atoms with Crippen LogP contribution in [0.1, 0.15) is 56.3 Å². The van der Waals surface area contributed by atoms with E-state index in [1.54, 1.807) is 12.3 Å². The highest BCUT2D eigenvalue weighted by Gasteiger charge is 2.27. The molecule has 1 aromatic carbocycles. The zero-order chi connectivity index (χ0) is 20.6. The highest BCUT2D eigenvalue weighted by Crippen LogP contribution is 2.30. The second kappa shape index (κ2) is 10.0. The molecule has 6 heteroatoms. The summed E-state index contributed by atoms with van der Waals surface area (Å²) in [6, 6.07) is 11.1. The van der Waals surface area contributed by atoms with E-state index in [-0.39, 0.29) is 18.4 Å². The molecule has 0 radical (unpaired) electrons. The van der Waals surface area contributed by atoms with Crippen LogP contribution in [0.3, 0.4) is 0 Å². The van der Waals surface area contributed by atoms with E-state index in [0.29, 0.717) is 16.9 Å². The van der Waals surface area contributed by atoms with Gasteiger partial charge >= 0.3 is 0 Å². The highest BCUT2D eigenvalue weighted by atomic mass is 16.2. The second-order valence-electron chi connectivity index (χ2n) is 7.47. The highest BCUT2D eigenvalue weighted by molar-refractivity contribution is 6.15. The third kappa shape index (κ3) is 5.13. The van der Waals surface area contributed by atoms with Gasteiger partial charge in [-0.15, -0.1) is 0 Å². The Morgan fingerprint density at radius 3 is 2.38 bits per heavy atom. The average molecular weight is 395 g/mol. The number of benzene rings is 1. The zero-order valence-electron chi connectivity index (χ0n) is 17.4. The molecular weight excluding hydrogens is 364 g/mol. The van der Waals surface area contributed by atoms with Crippen molar-refractivity contribution in [2.45, 2.75) is 46.0 Å². The van der Waals surface area contributed by atoms with E-state index >= 15 is 0 Å². The Kier molecular flexibility index (Phi) is 7.22. The molecule has 1 fully saturated rings. The summed E-state index contributed by atoms with van der Waals surface area (Å²) in [6.07, 6.45) is 7.77. The van der Waals surface area contributed by atoms with Gasteiger partial charge in [0.25, 0.3) is 5.91 Å². The molecule has 0 bridgehead atoms. The molecule has 0 unspecified atom stereocenters. The molecule has 0 spiro atoms. The quantitative estimate of drug-likeness (QED) is 0.816. The van der Waals surface area contributed by atoms with Gasteiger partial charge in [-0.25, -0.2) is 4.98 Å². The maximum absolute atomic E-state index is 12.9. The Hall–Kier alpha value is -2.89. The fourth-order valence-corrected chi connectivity index (χ4v) is 3.57. The number of nitrogens with zero attached hydrogens (tertiary/aromatic N) is 3. The lowest BCUT2D eigenvalue weighted by Crippen LogP contribution is -2.42. The molecule has 2 aromatic rings. The molecule has 6 nitrogen and oxygen atoms in total. The van der Waals surface area contributed by atoms with Gasteiger partial charge in [-0.1, -0.05) is 45.2 Å². The van der Waals surface area contributed by atoms with Gasteiger partial charge in [-0.05, 0) is 37.1 Å². The molecule has 0 aliphatic carbocycles. The minimum Gasteiger partial charge on any atom is -0.357 e. The largest absolute Gasteiger partial charge is 0.357 e. The van der Waals surface area contributed by atoms with Crippen molar-refractivity contribution < 1.29 is 9.59 Å². The van der Waals surface area contributed by atoms with Gasteiger partial charge < -0.3 is 10.2 Å². The SMILES string of the molecule is CCC.O=C1CN(C(=O)c2ccc(N3CCCCCC3)nc2)c2ccccc2N1. The summed E-state index contributed by atoms with van der Waals surface area (Å²) in [7, 11) is 0. The van der Waals surface area contributed by atoms with Gasteiger partial charge in [0, 0.05) is 19.3 Å². The van der Waals surface area contributed by atoms with Crippen LogP contribution in [0.2, 0.25) is 0 Å². The van der Waals surface area contributed by atoms with Crippen molar-refractivity contribution >= 4 is 29.0 Å². The monoisotopic (exact) mass is 394 g/mol. The fourth-order valence-electron chi connectivity index (χ4n) is 3.57. The molecule has 4 rings (SSSR count). The predicted octanol–water partition coefficient (Wildman–Crippen LogP) is 4.48. The Morgan fingerprint density at radius 1 is 1.03 bits per heavy atom. The maximum atomic E-state index is 12.9. The van der Waals surface area contributed by atoms with Crippen molar-refractivity contribution in [3.05, 3.63) is 48.2 Å². The number of hydrogen-bond acceptors (Lipinski definition) is 4. The van der Waals surface area contributed by atoms with Gasteiger partial charge in [0.15, 0.2) is 0 Å². The number of fused-ring (bicyclic) bond motifs is 1. The number of amides is 2. The summed E-state index contributed by atoms with van der Waals surface area (Å²) in [5, 5.41) is 2.80. The fraction of sp³-hybridized carbons (Fsp3) is 0.435. The van der Waals surface area contributed by atoms with Gasteiger partial charge in [0.1, 0.15) is 12.4 Å². The number of hydrogen-bond donors (Lipinski definition) is 1. The number of pyridine rings is 1. The minimum absolute atomic E-state index is 0.0176. The number of carbonyl (C=O) groups is 2. The Bertz CT molecular complexity index is 827. The Labute approximate surface area is 172 Å². The van der Waals surface area contributed by atoms with E-state index < -0.39 is 0 Å². The summed E-state index contributed by atoms with van der Waals surface area (Å²) >= 11 is 0. The van der Waals surface area contributed by atoms with Crippen LogP contribution in [0.25, 0.3) is 0 Å². The molecule has 2 aliphatic heterocycles. The lowest BCUT2D eigenvalue weighted by Gasteiger charge is -2.29. The third-order valence-corrected chi connectivity index (χ3v) is 4.94. The number of nitrogens with one attached hydrogen (secondary N) is 1. The van der Waals surface area contributed by atoms with Gasteiger partial charge in [0.05, 0.1) is 16.9 Å². The average Bonchev–Trinajstić information content (AvgIpc) is 3.03. The van der Waals surface area contributed by atoms with Crippen molar-refractivity contribution in [2.24, 2.45) is 0 Å². The van der Waals surface area contributed by atoms with Crippen LogP contribution in [0, 0.1) is 0 Å². The van der Waals surface area contributed by atoms with Crippen LogP contribution in [0.5, 0.6) is 0 Å². The molecule has 1 saturated heterocycles. The van der Waals surface area contributed by atoms with Crippen LogP contribution in [0.4, 0.5) is 17.2 Å². The van der Waals surface area contributed by atoms with E-state index in [2.05, 4.69) is 29.0 Å². The molecule has 1 N–H and O–H groups in total. The number of rotatable bonds is 2. The molecule has 1 aromatic heterocycles. The van der Waals surface area contributed by atoms with Crippen molar-refractivity contribution in [3.8, 4) is 0 Å². The Balaban J connectivity index is 0.000000755. The standard InChI is InChI=1S/C20H22N4O2.C3H8/c25-19-14-24(17-8-4-3-7-16(17)22-19)20(26)15-9-10-18(21-13-15)23-11-5-1-2-6-12-23;1-3-2/h3-4,7-10,13H,1-2,5-6,11-12,14H2,(H,22,25);3H2,1-2H3. The van der Waals surface area contributed by atoms with Crippen molar-refractivity contribution in [2.75, 3.05) is 34.8 Å². The van der Waals surface area contributed by atoms with Gasteiger partial charge in [-0.3, -0.25) is 14.5 Å². The maximum Gasteiger partial charge on any atom is 0.260 e. The number of aromatic nitrogens is 1. The van der Waals surface area contributed by atoms with E-state index in [0.717, 1.165) is 18.9 Å². The smallest absolute Gasteiger partial charge is 0.260 e. The second-order valence-corrected chi connectivity index (χ2v) is 7.47. The van der Waals surface area contributed by atoms with Crippen LogP contribution in [0.15, 0.2) is 42.6 Å². The molecular formula is C23H30N4O2. The number of para-hydroxylation sites is 2. The normalized spacial score (nSPS) is 16.1. The minimum atomic E-state index is -0.206. The van der Waals surface area contributed by atoms with Crippen LogP contribution in [-0.2, 0) is 4.79 Å². The summed E-state index contributed by atoms with van der Waals surface area (Å²) < 4.78 is 0. The van der Waals surface area contributed by atoms with E-state index in [1.165, 1.54) is 37.0 Å². The van der Waals surface area contributed by atoms with Crippen molar-refractivity contribution in [1.29, 1.82) is 0 Å². The third-order valence-electron chi connectivity index (χ3n) is 4.94. The van der Waals surface area contributed by atoms with E-state index in [1.807, 2.05) is 30.3 Å². The Morgan fingerprint density at radius 2 is 1.72 bits per heavy atom. The number of carbonyl (C=O) groups excluding carboxylic acids is 2. The molecule has 2 aliphatic rings. The first-order valence-electron chi connectivity index (χ1n) is 10.6. The van der Waals surface area contributed by atoms with Crippen molar-refractivity contribution in [1.82, 2.24) is 4.98 Å². The van der Waals surface area contributed by atoms with Crippen LogP contribution < -0.4 is 15.1 Å². The molecule has 0 atom stereocenters. The first-order chi connectivity index (χ1) is 14.1. The molecule has 29 heavy (non-hydrogen) atoms. The summed E-state index contributed by atoms with van der Waals surface area (Å²) in [5.74, 6) is 0.522. The van der Waals surface area contributed by atoms with Crippen LogP contribution >= 0.6 is 0 Å². The lowest BCUT2D eigenvalue weighted by atomic mass is 10.1. The van der Waals surface area contributed by atoms with Crippen molar-refractivity contribution in [3.63, 3.8) is 0 Å². The topological polar surface area (TPSA) is 65.5 Å². The first kappa shape index (κ1) is 20.8. The predicted molar refractivity (Wildman–Crippen MR) is 118 cm³/mol. The lowest BCUT2D eigenvalue weighted by molar-refractivity contribution is -0.115.